The Morgan fingerprint density at radius 2 is 2.29 bits per heavy atom. The van der Waals surface area contributed by atoms with Crippen LogP contribution in [0.15, 0.2) is 22.8 Å². The minimum absolute atomic E-state index is 0.178. The third-order valence-corrected chi connectivity index (χ3v) is 2.35. The summed E-state index contributed by atoms with van der Waals surface area (Å²) in [5, 5.41) is 5.47. The summed E-state index contributed by atoms with van der Waals surface area (Å²) in [5.41, 5.74) is 0. The second kappa shape index (κ2) is 3.96. The van der Waals surface area contributed by atoms with Crippen LogP contribution in [0.5, 0.6) is 0 Å². The summed E-state index contributed by atoms with van der Waals surface area (Å²) in [5.74, 6) is 0.561. The predicted molar refractivity (Wildman–Crippen MR) is 57.1 cm³/mol. The number of carbonyl (C=O) groups is 1. The molecule has 0 aromatic carbocycles. The van der Waals surface area contributed by atoms with E-state index in [9.17, 15) is 4.79 Å². The SMILES string of the molecule is O=C(Nc1ccc(Br)cn1)NC1CC1. The van der Waals surface area contributed by atoms with Gasteiger partial charge in [0.15, 0.2) is 0 Å². The van der Waals surface area contributed by atoms with E-state index >= 15 is 0 Å². The van der Waals surface area contributed by atoms with Gasteiger partial charge in [0.2, 0.25) is 0 Å². The molecule has 2 N–H and O–H groups in total. The maximum Gasteiger partial charge on any atom is 0.320 e. The summed E-state index contributed by atoms with van der Waals surface area (Å²) in [4.78, 5) is 15.3. The molecule has 2 rings (SSSR count). The van der Waals surface area contributed by atoms with Crippen LogP contribution < -0.4 is 10.6 Å². The van der Waals surface area contributed by atoms with Gasteiger partial charge in [0.05, 0.1) is 0 Å². The Morgan fingerprint density at radius 1 is 1.50 bits per heavy atom. The third kappa shape index (κ3) is 2.70. The molecule has 1 fully saturated rings. The molecule has 0 spiro atoms. The van der Waals surface area contributed by atoms with Crippen LogP contribution in [0.25, 0.3) is 0 Å². The van der Waals surface area contributed by atoms with Crippen LogP contribution >= 0.6 is 15.9 Å². The van der Waals surface area contributed by atoms with Crippen molar-refractivity contribution in [2.75, 3.05) is 5.32 Å². The Labute approximate surface area is 90.2 Å². The van der Waals surface area contributed by atoms with E-state index in [4.69, 9.17) is 0 Å². The molecule has 0 saturated heterocycles. The normalized spacial score (nSPS) is 14.9. The van der Waals surface area contributed by atoms with Gasteiger partial charge in [-0.3, -0.25) is 5.32 Å². The molecule has 74 valence electrons. The summed E-state index contributed by atoms with van der Waals surface area (Å²) in [6.45, 7) is 0. The number of nitrogens with zero attached hydrogens (tertiary/aromatic N) is 1. The maximum absolute atomic E-state index is 11.3. The van der Waals surface area contributed by atoms with E-state index in [1.54, 1.807) is 12.3 Å². The van der Waals surface area contributed by atoms with Gasteiger partial charge in [0.1, 0.15) is 5.82 Å². The molecular weight excluding hydrogens is 246 g/mol. The number of rotatable bonds is 2. The summed E-state index contributed by atoms with van der Waals surface area (Å²) >= 11 is 3.27. The van der Waals surface area contributed by atoms with Crippen molar-refractivity contribution in [1.82, 2.24) is 10.3 Å². The quantitative estimate of drug-likeness (QED) is 0.851. The van der Waals surface area contributed by atoms with Crippen LogP contribution in [0.3, 0.4) is 0 Å². The van der Waals surface area contributed by atoms with E-state index in [0.717, 1.165) is 17.3 Å². The topological polar surface area (TPSA) is 54.0 Å². The van der Waals surface area contributed by atoms with Crippen LogP contribution in [0.4, 0.5) is 10.6 Å². The number of urea groups is 1. The van der Waals surface area contributed by atoms with Crippen LogP contribution in [-0.2, 0) is 0 Å². The standard InChI is InChI=1S/C9H10BrN3O/c10-6-1-4-8(11-5-6)13-9(14)12-7-2-3-7/h1,4-5,7H,2-3H2,(H2,11,12,13,14). The smallest absolute Gasteiger partial charge is 0.320 e. The highest BCUT2D eigenvalue weighted by Gasteiger charge is 2.23. The van der Waals surface area contributed by atoms with Crippen LogP contribution in [0.2, 0.25) is 0 Å². The van der Waals surface area contributed by atoms with Gasteiger partial charge in [0, 0.05) is 16.7 Å². The van der Waals surface area contributed by atoms with E-state index in [0.29, 0.717) is 11.9 Å². The molecule has 5 heteroatoms. The number of hydrogen-bond donors (Lipinski definition) is 2. The average molecular weight is 256 g/mol. The number of pyridine rings is 1. The lowest BCUT2D eigenvalue weighted by Gasteiger charge is -2.04. The monoisotopic (exact) mass is 255 g/mol. The van der Waals surface area contributed by atoms with Crippen LogP contribution in [0, 0.1) is 0 Å². The zero-order valence-electron chi connectivity index (χ0n) is 7.46. The molecule has 1 aliphatic rings. The van der Waals surface area contributed by atoms with Crippen molar-refractivity contribution in [2.24, 2.45) is 0 Å². The molecular formula is C9H10BrN3O. The first-order valence-corrected chi connectivity index (χ1v) is 5.22. The molecule has 14 heavy (non-hydrogen) atoms. The van der Waals surface area contributed by atoms with Gasteiger partial charge in [0.25, 0.3) is 0 Å². The van der Waals surface area contributed by atoms with Crippen molar-refractivity contribution in [3.05, 3.63) is 22.8 Å². The van der Waals surface area contributed by atoms with Gasteiger partial charge in [-0.15, -0.1) is 0 Å². The lowest BCUT2D eigenvalue weighted by Crippen LogP contribution is -2.30. The van der Waals surface area contributed by atoms with Crippen molar-refractivity contribution >= 4 is 27.8 Å². The molecule has 0 atom stereocenters. The lowest BCUT2D eigenvalue weighted by atomic mass is 10.5. The molecule has 0 unspecified atom stereocenters. The highest BCUT2D eigenvalue weighted by Crippen LogP contribution is 2.18. The fourth-order valence-electron chi connectivity index (χ4n) is 1.02. The number of hydrogen-bond acceptors (Lipinski definition) is 2. The minimum Gasteiger partial charge on any atom is -0.335 e. The number of nitrogens with one attached hydrogen (secondary N) is 2. The van der Waals surface area contributed by atoms with E-state index in [1.807, 2.05) is 6.07 Å². The Morgan fingerprint density at radius 3 is 2.86 bits per heavy atom. The first-order chi connectivity index (χ1) is 6.74. The zero-order valence-corrected chi connectivity index (χ0v) is 9.04. The Balaban J connectivity index is 1.89. The van der Waals surface area contributed by atoms with Gasteiger partial charge >= 0.3 is 6.03 Å². The Hall–Kier alpha value is -1.10. The van der Waals surface area contributed by atoms with Gasteiger partial charge in [-0.25, -0.2) is 9.78 Å². The summed E-state index contributed by atoms with van der Waals surface area (Å²) in [6.07, 6.45) is 3.81. The maximum atomic E-state index is 11.3. The largest absolute Gasteiger partial charge is 0.335 e. The highest BCUT2D eigenvalue weighted by molar-refractivity contribution is 9.10. The number of carbonyl (C=O) groups excluding carboxylic acids is 1. The third-order valence-electron chi connectivity index (χ3n) is 1.88. The first-order valence-electron chi connectivity index (χ1n) is 4.43. The van der Waals surface area contributed by atoms with Gasteiger partial charge in [-0.1, -0.05) is 0 Å². The fourth-order valence-corrected chi connectivity index (χ4v) is 1.25. The molecule has 0 bridgehead atoms. The van der Waals surface area contributed by atoms with Gasteiger partial charge in [-0.05, 0) is 40.9 Å². The summed E-state index contributed by atoms with van der Waals surface area (Å²) in [6, 6.07) is 3.77. The average Bonchev–Trinajstić information content (AvgIpc) is 2.93. The van der Waals surface area contributed by atoms with Gasteiger partial charge < -0.3 is 5.32 Å². The minimum atomic E-state index is -0.178. The van der Waals surface area contributed by atoms with Crippen molar-refractivity contribution in [3.8, 4) is 0 Å². The highest BCUT2D eigenvalue weighted by atomic mass is 79.9. The van der Waals surface area contributed by atoms with Crippen molar-refractivity contribution in [2.45, 2.75) is 18.9 Å². The molecule has 4 nitrogen and oxygen atoms in total. The van der Waals surface area contributed by atoms with E-state index < -0.39 is 0 Å². The van der Waals surface area contributed by atoms with Crippen LogP contribution in [-0.4, -0.2) is 17.1 Å². The van der Waals surface area contributed by atoms with Crippen LogP contribution in [0.1, 0.15) is 12.8 Å². The molecule has 0 aliphatic heterocycles. The molecule has 1 saturated carbocycles. The molecule has 1 aromatic rings. The van der Waals surface area contributed by atoms with Crippen molar-refractivity contribution < 1.29 is 4.79 Å². The van der Waals surface area contributed by atoms with Crippen molar-refractivity contribution in [3.63, 3.8) is 0 Å². The second-order valence-electron chi connectivity index (χ2n) is 3.23. The Bertz CT molecular complexity index is 334. The molecule has 1 heterocycles. The predicted octanol–water partition coefficient (Wildman–Crippen LogP) is 2.13. The van der Waals surface area contributed by atoms with Crippen molar-refractivity contribution in [1.29, 1.82) is 0 Å². The van der Waals surface area contributed by atoms with E-state index in [2.05, 4.69) is 31.5 Å². The lowest BCUT2D eigenvalue weighted by molar-refractivity contribution is 0.251. The van der Waals surface area contributed by atoms with E-state index in [1.165, 1.54) is 0 Å². The summed E-state index contributed by atoms with van der Waals surface area (Å²) in [7, 11) is 0. The Kier molecular flexibility index (Phi) is 2.67. The summed E-state index contributed by atoms with van der Waals surface area (Å²) < 4.78 is 0.894. The molecule has 1 aliphatic carbocycles. The second-order valence-corrected chi connectivity index (χ2v) is 4.15. The fraction of sp³-hybridized carbons (Fsp3) is 0.333. The number of amides is 2. The number of aromatic nitrogens is 1. The first kappa shape index (κ1) is 9.45. The molecule has 0 radical (unpaired) electrons. The molecule has 1 aromatic heterocycles. The molecule has 2 amide bonds. The number of halogens is 1. The zero-order chi connectivity index (χ0) is 9.97. The number of anilines is 1. The van der Waals surface area contributed by atoms with E-state index in [-0.39, 0.29) is 6.03 Å². The van der Waals surface area contributed by atoms with Gasteiger partial charge in [-0.2, -0.15) is 0 Å².